The molecule has 2 rings (SSSR count). The first-order valence-corrected chi connectivity index (χ1v) is 6.40. The van der Waals surface area contributed by atoms with Gasteiger partial charge in [-0.1, -0.05) is 23.8 Å². The van der Waals surface area contributed by atoms with Crippen LogP contribution < -0.4 is 5.32 Å². The summed E-state index contributed by atoms with van der Waals surface area (Å²) in [5.41, 5.74) is 5.04. The second-order valence-corrected chi connectivity index (χ2v) is 5.09. The highest BCUT2D eigenvalue weighted by atomic mass is 15.3. The number of aromatic nitrogens is 2. The van der Waals surface area contributed by atoms with Crippen molar-refractivity contribution in [2.75, 3.05) is 5.32 Å². The van der Waals surface area contributed by atoms with E-state index in [0.29, 0.717) is 6.04 Å². The molecule has 1 heterocycles. The summed E-state index contributed by atoms with van der Waals surface area (Å²) >= 11 is 0. The topological polar surface area (TPSA) is 29.9 Å². The van der Waals surface area contributed by atoms with Gasteiger partial charge in [-0.25, -0.2) is 0 Å². The Labute approximate surface area is 109 Å². The molecule has 0 saturated heterocycles. The van der Waals surface area contributed by atoms with Gasteiger partial charge in [-0.3, -0.25) is 4.68 Å². The third-order valence-corrected chi connectivity index (χ3v) is 3.12. The normalized spacial score (nSPS) is 10.9. The van der Waals surface area contributed by atoms with Gasteiger partial charge in [0.2, 0.25) is 0 Å². The lowest BCUT2D eigenvalue weighted by atomic mass is 10.1. The molecule has 2 aromatic rings. The van der Waals surface area contributed by atoms with Crippen molar-refractivity contribution < 1.29 is 0 Å². The largest absolute Gasteiger partial charge is 0.378 e. The van der Waals surface area contributed by atoms with E-state index in [0.717, 1.165) is 12.2 Å². The third kappa shape index (κ3) is 2.92. The van der Waals surface area contributed by atoms with E-state index in [9.17, 15) is 0 Å². The number of nitrogens with one attached hydrogen (secondary N) is 1. The van der Waals surface area contributed by atoms with Crippen molar-refractivity contribution >= 4 is 5.69 Å². The third-order valence-electron chi connectivity index (χ3n) is 3.12. The van der Waals surface area contributed by atoms with E-state index in [2.05, 4.69) is 62.5 Å². The fourth-order valence-electron chi connectivity index (χ4n) is 1.90. The van der Waals surface area contributed by atoms with E-state index in [1.807, 2.05) is 10.9 Å². The average Bonchev–Trinajstić information content (AvgIpc) is 2.79. The molecule has 0 amide bonds. The van der Waals surface area contributed by atoms with Crippen molar-refractivity contribution in [3.05, 3.63) is 47.3 Å². The fourth-order valence-corrected chi connectivity index (χ4v) is 1.90. The van der Waals surface area contributed by atoms with Crippen LogP contribution in [-0.2, 0) is 6.54 Å². The molecule has 0 radical (unpaired) electrons. The summed E-state index contributed by atoms with van der Waals surface area (Å²) in [5.74, 6) is 0. The summed E-state index contributed by atoms with van der Waals surface area (Å²) in [6.07, 6.45) is 3.93. The molecule has 3 nitrogen and oxygen atoms in total. The molecule has 96 valence electrons. The SMILES string of the molecule is Cc1ccc(C)c(CNc2cnn(C(C)C)c2)c1. The summed E-state index contributed by atoms with van der Waals surface area (Å²) in [7, 11) is 0. The van der Waals surface area contributed by atoms with Crippen molar-refractivity contribution in [1.29, 1.82) is 0 Å². The number of aryl methyl sites for hydroxylation is 2. The molecular formula is C15H21N3. The van der Waals surface area contributed by atoms with E-state index in [-0.39, 0.29) is 0 Å². The number of anilines is 1. The lowest BCUT2D eigenvalue weighted by molar-refractivity contribution is 0.532. The first kappa shape index (κ1) is 12.7. The molecule has 1 aromatic heterocycles. The Balaban J connectivity index is 2.04. The minimum Gasteiger partial charge on any atom is -0.378 e. The van der Waals surface area contributed by atoms with Gasteiger partial charge in [-0.2, -0.15) is 5.10 Å². The zero-order chi connectivity index (χ0) is 13.1. The minimum atomic E-state index is 0.404. The fraction of sp³-hybridized carbons (Fsp3) is 0.400. The maximum Gasteiger partial charge on any atom is 0.0729 e. The molecule has 1 N–H and O–H groups in total. The number of hydrogen-bond acceptors (Lipinski definition) is 2. The molecule has 0 fully saturated rings. The molecule has 0 bridgehead atoms. The number of hydrogen-bond donors (Lipinski definition) is 1. The van der Waals surface area contributed by atoms with Crippen LogP contribution in [0.2, 0.25) is 0 Å². The van der Waals surface area contributed by atoms with Gasteiger partial charge in [-0.05, 0) is 38.8 Å². The predicted molar refractivity (Wildman–Crippen MR) is 75.9 cm³/mol. The van der Waals surface area contributed by atoms with E-state index in [1.165, 1.54) is 16.7 Å². The van der Waals surface area contributed by atoms with Gasteiger partial charge >= 0.3 is 0 Å². The second-order valence-electron chi connectivity index (χ2n) is 5.09. The molecule has 0 aliphatic carbocycles. The lowest BCUT2D eigenvalue weighted by Crippen LogP contribution is -2.02. The van der Waals surface area contributed by atoms with Gasteiger partial charge < -0.3 is 5.32 Å². The van der Waals surface area contributed by atoms with Crippen molar-refractivity contribution in [2.45, 2.75) is 40.3 Å². The summed E-state index contributed by atoms with van der Waals surface area (Å²) in [6.45, 7) is 9.37. The summed E-state index contributed by atoms with van der Waals surface area (Å²) in [4.78, 5) is 0. The summed E-state index contributed by atoms with van der Waals surface area (Å²) in [5, 5.41) is 7.74. The zero-order valence-electron chi connectivity index (χ0n) is 11.6. The second kappa shape index (κ2) is 5.25. The van der Waals surface area contributed by atoms with E-state index < -0.39 is 0 Å². The molecule has 0 aliphatic rings. The van der Waals surface area contributed by atoms with Gasteiger partial charge in [-0.15, -0.1) is 0 Å². The van der Waals surface area contributed by atoms with Crippen LogP contribution >= 0.6 is 0 Å². The van der Waals surface area contributed by atoms with Crippen LogP contribution in [0.3, 0.4) is 0 Å². The van der Waals surface area contributed by atoms with Crippen molar-refractivity contribution in [2.24, 2.45) is 0 Å². The van der Waals surface area contributed by atoms with Gasteiger partial charge in [0.1, 0.15) is 0 Å². The first-order chi connectivity index (χ1) is 8.56. The van der Waals surface area contributed by atoms with E-state index in [1.54, 1.807) is 0 Å². The van der Waals surface area contributed by atoms with Gasteiger partial charge in [0, 0.05) is 18.8 Å². The Hall–Kier alpha value is -1.77. The monoisotopic (exact) mass is 243 g/mol. The Bertz CT molecular complexity index is 526. The highest BCUT2D eigenvalue weighted by Crippen LogP contribution is 2.14. The van der Waals surface area contributed by atoms with Crippen LogP contribution in [0, 0.1) is 13.8 Å². The predicted octanol–water partition coefficient (Wildman–Crippen LogP) is 3.69. The molecule has 0 saturated carbocycles. The van der Waals surface area contributed by atoms with Crippen LogP contribution in [0.15, 0.2) is 30.6 Å². The molecule has 0 unspecified atom stereocenters. The molecule has 1 aromatic carbocycles. The van der Waals surface area contributed by atoms with Crippen LogP contribution in [0.1, 0.15) is 36.6 Å². The smallest absolute Gasteiger partial charge is 0.0729 e. The quantitative estimate of drug-likeness (QED) is 0.887. The highest BCUT2D eigenvalue weighted by molar-refractivity contribution is 5.41. The van der Waals surface area contributed by atoms with Crippen molar-refractivity contribution in [1.82, 2.24) is 9.78 Å². The molecular weight excluding hydrogens is 222 g/mol. The Morgan fingerprint density at radius 2 is 2.06 bits per heavy atom. The van der Waals surface area contributed by atoms with Crippen molar-refractivity contribution in [3.63, 3.8) is 0 Å². The minimum absolute atomic E-state index is 0.404. The summed E-state index contributed by atoms with van der Waals surface area (Å²) in [6, 6.07) is 6.95. The molecule has 0 aliphatic heterocycles. The Morgan fingerprint density at radius 3 is 2.72 bits per heavy atom. The first-order valence-electron chi connectivity index (χ1n) is 6.40. The maximum absolute atomic E-state index is 4.32. The number of nitrogens with zero attached hydrogens (tertiary/aromatic N) is 2. The van der Waals surface area contributed by atoms with Gasteiger partial charge in [0.25, 0.3) is 0 Å². The number of rotatable bonds is 4. The molecule has 0 spiro atoms. The van der Waals surface area contributed by atoms with Crippen molar-refractivity contribution in [3.8, 4) is 0 Å². The van der Waals surface area contributed by atoms with Crippen LogP contribution in [0.4, 0.5) is 5.69 Å². The lowest BCUT2D eigenvalue weighted by Gasteiger charge is -2.08. The molecule has 3 heteroatoms. The zero-order valence-corrected chi connectivity index (χ0v) is 11.6. The van der Waals surface area contributed by atoms with Crippen LogP contribution in [-0.4, -0.2) is 9.78 Å². The van der Waals surface area contributed by atoms with Gasteiger partial charge in [0.15, 0.2) is 0 Å². The van der Waals surface area contributed by atoms with Crippen LogP contribution in [0.25, 0.3) is 0 Å². The Morgan fingerprint density at radius 1 is 1.28 bits per heavy atom. The van der Waals surface area contributed by atoms with Gasteiger partial charge in [0.05, 0.1) is 11.9 Å². The molecule has 0 atom stereocenters. The average molecular weight is 243 g/mol. The van der Waals surface area contributed by atoms with Crippen LogP contribution in [0.5, 0.6) is 0 Å². The van der Waals surface area contributed by atoms with E-state index in [4.69, 9.17) is 0 Å². The highest BCUT2D eigenvalue weighted by Gasteiger charge is 2.03. The number of benzene rings is 1. The maximum atomic E-state index is 4.32. The standard InChI is InChI=1S/C15H21N3/c1-11(2)18-10-15(9-17-18)16-8-14-7-12(3)5-6-13(14)4/h5-7,9-11,16H,8H2,1-4H3. The van der Waals surface area contributed by atoms with E-state index >= 15 is 0 Å². The summed E-state index contributed by atoms with van der Waals surface area (Å²) < 4.78 is 1.96. The molecule has 18 heavy (non-hydrogen) atoms. The Kier molecular flexibility index (Phi) is 3.70.